The van der Waals surface area contributed by atoms with Crippen LogP contribution in [0.5, 0.6) is 11.5 Å². The maximum absolute atomic E-state index is 13.2. The van der Waals surface area contributed by atoms with E-state index in [1.165, 1.54) is 0 Å². The van der Waals surface area contributed by atoms with Crippen LogP contribution < -0.4 is 5.43 Å². The van der Waals surface area contributed by atoms with Gasteiger partial charge in [0.1, 0.15) is 0 Å². The molecule has 0 bridgehead atoms. The molecule has 19 heavy (non-hydrogen) atoms. The molecule has 2 aromatic rings. The lowest BCUT2D eigenvalue weighted by Gasteiger charge is -2.04. The van der Waals surface area contributed by atoms with E-state index in [1.54, 1.807) is 24.3 Å². The third-order valence-electron chi connectivity index (χ3n) is 2.37. The molecule has 0 aliphatic rings. The maximum Gasteiger partial charge on any atom is 0.210 e. The van der Waals surface area contributed by atoms with Gasteiger partial charge in [0.05, 0.1) is 11.9 Å². The first-order chi connectivity index (χ1) is 9.09. The van der Waals surface area contributed by atoms with Gasteiger partial charge < -0.3 is 10.2 Å². The van der Waals surface area contributed by atoms with E-state index >= 15 is 0 Å². The summed E-state index contributed by atoms with van der Waals surface area (Å²) in [7, 11) is 0. The molecule has 0 spiro atoms. The molecule has 0 aromatic heterocycles. The van der Waals surface area contributed by atoms with E-state index in [2.05, 4.69) is 10.5 Å². The second-order valence-corrected chi connectivity index (χ2v) is 3.69. The van der Waals surface area contributed by atoms with Gasteiger partial charge in [-0.3, -0.25) is 5.43 Å². The lowest BCUT2D eigenvalue weighted by Crippen LogP contribution is -1.94. The van der Waals surface area contributed by atoms with Gasteiger partial charge in [-0.05, 0) is 18.2 Å². The minimum absolute atomic E-state index is 0.184. The molecule has 0 unspecified atom stereocenters. The molecule has 0 saturated heterocycles. The molecule has 0 heterocycles. The minimum Gasteiger partial charge on any atom is -0.504 e. The number of para-hydroxylation sites is 1. The van der Waals surface area contributed by atoms with Gasteiger partial charge in [0.25, 0.3) is 0 Å². The molecular weight excluding hydrogens is 254 g/mol. The third kappa shape index (κ3) is 2.79. The normalized spacial score (nSPS) is 10.8. The Morgan fingerprint density at radius 3 is 2.42 bits per heavy atom. The van der Waals surface area contributed by atoms with Crippen LogP contribution in [-0.4, -0.2) is 16.4 Å². The van der Waals surface area contributed by atoms with Gasteiger partial charge in [-0.1, -0.05) is 18.2 Å². The summed E-state index contributed by atoms with van der Waals surface area (Å²) >= 11 is 0. The van der Waals surface area contributed by atoms with Crippen molar-refractivity contribution in [2.75, 3.05) is 5.43 Å². The second kappa shape index (κ2) is 5.34. The van der Waals surface area contributed by atoms with Crippen LogP contribution in [0, 0.1) is 11.6 Å². The predicted octanol–water partition coefficient (Wildman–Crippen LogP) is 2.82. The molecule has 6 heteroatoms. The van der Waals surface area contributed by atoms with E-state index in [0.717, 1.165) is 12.3 Å². The number of hydrogen-bond donors (Lipinski definition) is 3. The first-order valence-corrected chi connectivity index (χ1v) is 5.33. The summed E-state index contributed by atoms with van der Waals surface area (Å²) in [6.07, 6.45) is 1.05. The molecule has 0 amide bonds. The summed E-state index contributed by atoms with van der Waals surface area (Å²) in [5.41, 5.74) is 3.12. The van der Waals surface area contributed by atoms with Crippen LogP contribution in [0.1, 0.15) is 5.56 Å². The highest BCUT2D eigenvalue weighted by molar-refractivity contribution is 5.84. The summed E-state index contributed by atoms with van der Waals surface area (Å²) in [5, 5.41) is 22.1. The molecule has 98 valence electrons. The number of hydrazone groups is 1. The lowest BCUT2D eigenvalue weighted by atomic mass is 10.2. The van der Waals surface area contributed by atoms with Crippen molar-refractivity contribution < 1.29 is 19.0 Å². The van der Waals surface area contributed by atoms with Crippen LogP contribution in [0.3, 0.4) is 0 Å². The number of phenolic OH excluding ortho intramolecular Hbond substituents is 2. The highest BCUT2D eigenvalue weighted by Gasteiger charge is 2.16. The fourth-order valence-electron chi connectivity index (χ4n) is 1.40. The van der Waals surface area contributed by atoms with E-state index in [-0.39, 0.29) is 5.56 Å². The monoisotopic (exact) mass is 264 g/mol. The average Bonchev–Trinajstić information content (AvgIpc) is 2.43. The molecule has 0 saturated carbocycles. The van der Waals surface area contributed by atoms with Crippen molar-refractivity contribution in [2.45, 2.75) is 0 Å². The van der Waals surface area contributed by atoms with Crippen molar-refractivity contribution in [2.24, 2.45) is 5.10 Å². The summed E-state index contributed by atoms with van der Waals surface area (Å²) in [6.45, 7) is 0. The molecule has 2 rings (SSSR count). The first kappa shape index (κ1) is 12.8. The largest absolute Gasteiger partial charge is 0.504 e. The van der Waals surface area contributed by atoms with Crippen LogP contribution in [-0.2, 0) is 0 Å². The Bertz CT molecular complexity index is 616. The summed E-state index contributed by atoms with van der Waals surface area (Å²) in [4.78, 5) is 0. The fourth-order valence-corrected chi connectivity index (χ4v) is 1.40. The number of rotatable bonds is 3. The molecule has 0 aliphatic carbocycles. The van der Waals surface area contributed by atoms with Gasteiger partial charge in [-0.25, -0.2) is 4.39 Å². The molecule has 3 N–H and O–H groups in total. The van der Waals surface area contributed by atoms with E-state index in [1.807, 2.05) is 6.07 Å². The zero-order valence-corrected chi connectivity index (χ0v) is 9.64. The standard InChI is InChI=1S/C13H10F2N2O2/c14-10-6-8(12(18)11(15)13(10)19)7-16-17-9-4-2-1-3-5-9/h1-7,17-19H. The van der Waals surface area contributed by atoms with Gasteiger partial charge in [0, 0.05) is 5.56 Å². The van der Waals surface area contributed by atoms with E-state index in [0.29, 0.717) is 5.69 Å². The van der Waals surface area contributed by atoms with Crippen molar-refractivity contribution in [1.82, 2.24) is 0 Å². The number of halogens is 2. The third-order valence-corrected chi connectivity index (χ3v) is 2.37. The SMILES string of the molecule is Oc1c(F)cc(C=NNc2ccccc2)c(O)c1F. The lowest BCUT2D eigenvalue weighted by molar-refractivity contribution is 0.366. The average molecular weight is 264 g/mol. The van der Waals surface area contributed by atoms with Gasteiger partial charge in [0.2, 0.25) is 5.82 Å². The van der Waals surface area contributed by atoms with Crippen molar-refractivity contribution in [1.29, 1.82) is 0 Å². The topological polar surface area (TPSA) is 64.9 Å². The van der Waals surface area contributed by atoms with Crippen LogP contribution in [0.4, 0.5) is 14.5 Å². The van der Waals surface area contributed by atoms with Crippen molar-refractivity contribution in [3.05, 3.63) is 53.6 Å². The highest BCUT2D eigenvalue weighted by Crippen LogP contribution is 2.30. The van der Waals surface area contributed by atoms with Crippen LogP contribution in [0.25, 0.3) is 0 Å². The Hall–Kier alpha value is -2.63. The van der Waals surface area contributed by atoms with Gasteiger partial charge in [0.15, 0.2) is 17.3 Å². The number of benzene rings is 2. The first-order valence-electron chi connectivity index (χ1n) is 5.33. The van der Waals surface area contributed by atoms with E-state index in [9.17, 15) is 13.9 Å². The predicted molar refractivity (Wildman–Crippen MR) is 67.3 cm³/mol. The number of aromatic hydroxyl groups is 2. The number of nitrogens with one attached hydrogen (secondary N) is 1. The van der Waals surface area contributed by atoms with Crippen LogP contribution in [0.15, 0.2) is 41.5 Å². The minimum atomic E-state index is -1.42. The number of nitrogens with zero attached hydrogens (tertiary/aromatic N) is 1. The molecule has 2 aromatic carbocycles. The molecule has 0 fully saturated rings. The van der Waals surface area contributed by atoms with Crippen molar-refractivity contribution in [3.8, 4) is 11.5 Å². The molecular formula is C13H10F2N2O2. The van der Waals surface area contributed by atoms with E-state index in [4.69, 9.17) is 5.11 Å². The number of anilines is 1. The summed E-state index contributed by atoms with van der Waals surface area (Å²) < 4.78 is 26.3. The number of phenols is 2. The van der Waals surface area contributed by atoms with Crippen LogP contribution in [0.2, 0.25) is 0 Å². The van der Waals surface area contributed by atoms with Gasteiger partial charge in [-0.15, -0.1) is 0 Å². The van der Waals surface area contributed by atoms with Gasteiger partial charge in [-0.2, -0.15) is 9.49 Å². The maximum atomic E-state index is 13.2. The highest BCUT2D eigenvalue weighted by atomic mass is 19.1. The fraction of sp³-hybridized carbons (Fsp3) is 0. The van der Waals surface area contributed by atoms with Crippen LogP contribution >= 0.6 is 0 Å². The Morgan fingerprint density at radius 1 is 1.05 bits per heavy atom. The number of hydrogen-bond acceptors (Lipinski definition) is 4. The quantitative estimate of drug-likeness (QED) is 0.590. The van der Waals surface area contributed by atoms with Crippen molar-refractivity contribution >= 4 is 11.9 Å². The smallest absolute Gasteiger partial charge is 0.210 e. The molecule has 4 nitrogen and oxygen atoms in total. The Balaban J connectivity index is 2.20. The van der Waals surface area contributed by atoms with Crippen molar-refractivity contribution in [3.63, 3.8) is 0 Å². The summed E-state index contributed by atoms with van der Waals surface area (Å²) in [5.74, 6) is -4.67. The van der Waals surface area contributed by atoms with Gasteiger partial charge >= 0.3 is 0 Å². The Labute approximate surface area is 107 Å². The zero-order chi connectivity index (χ0) is 13.8. The molecule has 0 aliphatic heterocycles. The van der Waals surface area contributed by atoms with E-state index < -0.39 is 23.1 Å². The summed E-state index contributed by atoms with van der Waals surface area (Å²) in [6, 6.07) is 9.67. The molecule has 0 radical (unpaired) electrons. The second-order valence-electron chi connectivity index (χ2n) is 3.69. The Kier molecular flexibility index (Phi) is 3.61. The zero-order valence-electron chi connectivity index (χ0n) is 9.64. The Morgan fingerprint density at radius 2 is 1.74 bits per heavy atom. The molecule has 0 atom stereocenters.